The van der Waals surface area contributed by atoms with E-state index in [-0.39, 0.29) is 44.1 Å². The molecule has 0 bridgehead atoms. The Morgan fingerprint density at radius 3 is 2.08 bits per heavy atom. The number of para-hydroxylation sites is 2. The van der Waals surface area contributed by atoms with Crippen LogP contribution < -0.4 is 18.9 Å². The zero-order chi connectivity index (χ0) is 56.7. The Morgan fingerprint density at radius 1 is 0.628 bits per heavy atom. The second kappa shape index (κ2) is 18.9. The van der Waals surface area contributed by atoms with Crippen LogP contribution in [0.1, 0.15) is 33.2 Å². The first-order chi connectivity index (χ1) is 39.4. The van der Waals surface area contributed by atoms with E-state index >= 15 is 0 Å². The zero-order valence-corrected chi connectivity index (χ0v) is 50.0. The van der Waals surface area contributed by atoms with Gasteiger partial charge in [-0.2, -0.15) is 6.07 Å². The third-order valence-corrected chi connectivity index (χ3v) is 28.3. The summed E-state index contributed by atoms with van der Waals surface area (Å²) in [6.45, 7) is 11.7. The molecule has 78 heavy (non-hydrogen) atoms. The number of imidazole rings is 1. The SMILES string of the molecule is [2H]c1c([2H])c([2H])c(-c2cccc3c2-[n+]2[c-]n(-c4[c-]c(Oc5[c-]c6c(cc5)c5ccccc5n6-c5cc(C(C)(C)C)ccn5)ccc4)c4cc(-c5ccc6[c](c5)[Ge]([CH3])([CH3])[CH2]C[Si]6(C)C)cc(c42)-c2ccccc2-c2ccccc2-3)c([2H])c1[2H].[Pt]. The Kier molecular flexibility index (Phi) is 10.8. The molecule has 2 aliphatic heterocycles. The van der Waals surface area contributed by atoms with Gasteiger partial charge in [-0.1, -0.05) is 62.6 Å². The number of ether oxygens (including phenoxy) is 1. The predicted molar refractivity (Wildman–Crippen MR) is 323 cm³/mol. The van der Waals surface area contributed by atoms with Crippen LogP contribution in [0.2, 0.25) is 35.9 Å². The summed E-state index contributed by atoms with van der Waals surface area (Å²) in [6.07, 6.45) is 5.74. The summed E-state index contributed by atoms with van der Waals surface area (Å²) in [5.41, 5.74) is 14.5. The molecule has 5 nitrogen and oxygen atoms in total. The van der Waals surface area contributed by atoms with Gasteiger partial charge < -0.3 is 4.57 Å². The zero-order valence-electron chi connectivity index (χ0n) is 49.6. The Bertz CT molecular complexity index is 4670. The van der Waals surface area contributed by atoms with Crippen molar-refractivity contribution in [3.05, 3.63) is 224 Å². The molecule has 0 atom stereocenters. The van der Waals surface area contributed by atoms with Crippen molar-refractivity contribution in [3.63, 3.8) is 0 Å². The van der Waals surface area contributed by atoms with Gasteiger partial charge in [0.1, 0.15) is 5.82 Å². The van der Waals surface area contributed by atoms with E-state index in [1.807, 2.05) is 53.2 Å². The minimum atomic E-state index is -2.40. The number of aromatic nitrogens is 4. The van der Waals surface area contributed by atoms with E-state index in [1.165, 1.54) is 16.9 Å². The molecular weight excluding hydrogens is 1210 g/mol. The molecule has 0 spiro atoms. The van der Waals surface area contributed by atoms with Gasteiger partial charge >= 0.3 is 310 Å². The van der Waals surface area contributed by atoms with E-state index in [0.717, 1.165) is 83.2 Å². The fourth-order valence-corrected chi connectivity index (χ4v) is 30.2. The van der Waals surface area contributed by atoms with Gasteiger partial charge in [0.05, 0.1) is 6.85 Å². The molecule has 14 rings (SSSR count). The predicted octanol–water partition coefficient (Wildman–Crippen LogP) is 16.4. The smallest absolute Gasteiger partial charge is 0.0617 e. The van der Waals surface area contributed by atoms with Crippen molar-refractivity contribution < 1.29 is 37.2 Å². The second-order valence-electron chi connectivity index (χ2n) is 23.1. The van der Waals surface area contributed by atoms with Crippen molar-refractivity contribution in [3.8, 4) is 84.3 Å². The number of rotatable bonds is 6. The average Bonchev–Trinajstić information content (AvgIpc) is 4.18. The Hall–Kier alpha value is -7.35. The Labute approximate surface area is 482 Å². The molecular formula is C70H58GeN4OPtSi-2. The van der Waals surface area contributed by atoms with Crippen LogP contribution >= 0.6 is 0 Å². The summed E-state index contributed by atoms with van der Waals surface area (Å²) in [7, 11) is -1.64. The van der Waals surface area contributed by atoms with Gasteiger partial charge in [0.25, 0.3) is 0 Å². The van der Waals surface area contributed by atoms with Crippen LogP contribution in [0.5, 0.6) is 11.5 Å². The topological polar surface area (TPSA) is 35.9 Å². The third kappa shape index (κ3) is 8.29. The first kappa shape index (κ1) is 44.6. The van der Waals surface area contributed by atoms with Crippen molar-refractivity contribution in [1.82, 2.24) is 14.1 Å². The molecule has 0 radical (unpaired) electrons. The molecule has 3 aromatic heterocycles. The number of hydrogen-bond donors (Lipinski definition) is 0. The molecule has 0 unspecified atom stereocenters. The summed E-state index contributed by atoms with van der Waals surface area (Å²) < 4.78 is 60.0. The van der Waals surface area contributed by atoms with Crippen molar-refractivity contribution in [1.29, 1.82) is 0 Å². The number of pyridine rings is 1. The number of benzene rings is 9. The van der Waals surface area contributed by atoms with Crippen molar-refractivity contribution in [2.45, 2.75) is 62.1 Å². The monoisotopic (exact) mass is 1270 g/mol. The molecule has 9 aromatic carbocycles. The van der Waals surface area contributed by atoms with Gasteiger partial charge in [-0.3, -0.25) is 0 Å². The van der Waals surface area contributed by atoms with E-state index in [2.05, 4.69) is 194 Å². The van der Waals surface area contributed by atoms with Gasteiger partial charge in [-0.15, -0.1) is 17.5 Å². The summed E-state index contributed by atoms with van der Waals surface area (Å²) in [4.78, 5) is 4.90. The summed E-state index contributed by atoms with van der Waals surface area (Å²) in [5, 5.41) is 5.05. The standard InChI is InChI=1S/C70H58GeN4OSi.Pt/c1-70(2,3)49-35-37-72-67(42-49)75-63-30-16-15-27-58(63)59-33-32-52(44-64(59)75)76-51-22-17-21-50(43-51)73-45-74-68-53(46-19-9-8-10-20-46)28-18-29-60(68)56-25-13-11-23-54(56)55-24-12-14-26-57(55)61-39-48(41-65(73)69(61)74)47-31-34-66-62(40-47)71(4,5)36-38-77(66,6)7;/h8-35,37,39-42H,36,38H2,1-7H3;/q-2;/i8D,9D,10D,19D,20D;. The first-order valence-electron chi connectivity index (χ1n) is 29.1. The second-order valence-corrected chi connectivity index (χ2v) is 38.0. The average molecular weight is 1270 g/mol. The molecule has 0 fully saturated rings. The van der Waals surface area contributed by atoms with E-state index in [1.54, 1.807) is 9.58 Å². The van der Waals surface area contributed by atoms with E-state index in [0.29, 0.717) is 28.4 Å². The summed E-state index contributed by atoms with van der Waals surface area (Å²) in [6, 6.07) is 64.1. The summed E-state index contributed by atoms with van der Waals surface area (Å²) in [5.74, 6) is 6.93. The van der Waals surface area contributed by atoms with Crippen LogP contribution in [0.3, 0.4) is 0 Å². The normalized spacial score (nSPS) is 15.0. The van der Waals surface area contributed by atoms with Crippen molar-refractivity contribution in [2.75, 3.05) is 0 Å². The van der Waals surface area contributed by atoms with E-state index in [9.17, 15) is 2.74 Å². The molecule has 8 heteroatoms. The van der Waals surface area contributed by atoms with Crippen LogP contribution in [0.15, 0.2) is 200 Å². The van der Waals surface area contributed by atoms with Gasteiger partial charge in [-0.25, -0.2) is 4.98 Å². The maximum absolute atomic E-state index is 9.41. The van der Waals surface area contributed by atoms with Crippen molar-refractivity contribution in [2.24, 2.45) is 0 Å². The fourth-order valence-electron chi connectivity index (χ4n) is 12.1. The minimum Gasteiger partial charge on any atom is -0.0617 e. The molecule has 2 aliphatic rings. The van der Waals surface area contributed by atoms with Crippen LogP contribution in [-0.2, 0) is 26.5 Å². The van der Waals surface area contributed by atoms with Crippen LogP contribution in [-0.4, -0.2) is 35.5 Å². The molecule has 5 heterocycles. The van der Waals surface area contributed by atoms with Crippen molar-refractivity contribution >= 4 is 63.8 Å². The fraction of sp³-hybridized carbons (Fsp3) is 0.143. The molecule has 0 aliphatic carbocycles. The Balaban J connectivity index is 0.00000645. The number of nitrogens with zero attached hydrogens (tertiary/aromatic N) is 4. The van der Waals surface area contributed by atoms with Crippen LogP contribution in [0, 0.1) is 18.5 Å². The van der Waals surface area contributed by atoms with Gasteiger partial charge in [0.15, 0.2) is 0 Å². The number of hydrogen-bond acceptors (Lipinski definition) is 2. The Morgan fingerprint density at radius 2 is 1.31 bits per heavy atom. The van der Waals surface area contributed by atoms with E-state index in [4.69, 9.17) is 13.8 Å². The first-order valence-corrected chi connectivity index (χ1v) is 36.5. The number of fused-ring (bicyclic) bond motifs is 11. The van der Waals surface area contributed by atoms with Gasteiger partial charge in [0, 0.05) is 32.8 Å². The quantitative estimate of drug-likeness (QED) is 0.0945. The van der Waals surface area contributed by atoms with Gasteiger partial charge in [-0.05, 0) is 34.6 Å². The molecule has 384 valence electrons. The molecule has 0 N–H and O–H groups in total. The minimum absolute atomic E-state index is 0. The van der Waals surface area contributed by atoms with Gasteiger partial charge in [0.2, 0.25) is 0 Å². The molecule has 12 aromatic rings. The third-order valence-electron chi connectivity index (χ3n) is 16.3. The van der Waals surface area contributed by atoms with Crippen LogP contribution in [0.25, 0.3) is 106 Å². The van der Waals surface area contributed by atoms with E-state index < -0.39 is 39.5 Å². The maximum atomic E-state index is 9.41. The van der Waals surface area contributed by atoms with Crippen LogP contribution in [0.4, 0.5) is 0 Å². The summed E-state index contributed by atoms with van der Waals surface area (Å²) >= 11 is -2.40. The molecule has 0 saturated heterocycles. The molecule has 0 saturated carbocycles. The molecule has 0 amide bonds.